The van der Waals surface area contributed by atoms with E-state index >= 15 is 0 Å². The van der Waals surface area contributed by atoms with Crippen LogP contribution >= 0.6 is 0 Å². The summed E-state index contributed by atoms with van der Waals surface area (Å²) < 4.78 is 30.2. The predicted molar refractivity (Wildman–Crippen MR) is 99.6 cm³/mol. The maximum atomic E-state index is 12.3. The van der Waals surface area contributed by atoms with Crippen molar-refractivity contribution in [2.75, 3.05) is 16.3 Å². The van der Waals surface area contributed by atoms with Gasteiger partial charge in [-0.05, 0) is 37.3 Å². The quantitative estimate of drug-likeness (QED) is 0.731. The summed E-state index contributed by atoms with van der Waals surface area (Å²) in [6.45, 7) is 1.38. The van der Waals surface area contributed by atoms with Crippen LogP contribution in [0.2, 0.25) is 0 Å². The summed E-state index contributed by atoms with van der Waals surface area (Å²) in [4.78, 5) is 24.5. The van der Waals surface area contributed by atoms with Crippen LogP contribution in [0.5, 0.6) is 0 Å². The third kappa shape index (κ3) is 5.83. The van der Waals surface area contributed by atoms with Crippen molar-refractivity contribution < 1.29 is 22.7 Å². The number of nitriles is 1. The number of sulfonamides is 1. The van der Waals surface area contributed by atoms with E-state index in [4.69, 9.17) is 10.00 Å². The lowest BCUT2D eigenvalue weighted by molar-refractivity contribution is -0.123. The zero-order valence-electron chi connectivity index (χ0n) is 14.6. The molecule has 1 amide bonds. The van der Waals surface area contributed by atoms with E-state index < -0.39 is 28.0 Å². The highest BCUT2D eigenvalue weighted by Gasteiger charge is 2.21. The molecular weight excluding hydrogens is 370 g/mol. The molecule has 27 heavy (non-hydrogen) atoms. The number of carbonyl (C=O) groups is 2. The number of para-hydroxylation sites is 1. The van der Waals surface area contributed by atoms with Gasteiger partial charge in [-0.25, -0.2) is 13.2 Å². The highest BCUT2D eigenvalue weighted by atomic mass is 32.2. The normalized spacial score (nSPS) is 11.7. The molecule has 140 valence electrons. The number of anilines is 2. The molecule has 0 saturated carbocycles. The molecule has 0 aliphatic carbocycles. The first-order valence-electron chi connectivity index (χ1n) is 7.78. The van der Waals surface area contributed by atoms with Gasteiger partial charge < -0.3 is 10.1 Å². The number of hydrogen-bond donors (Lipinski definition) is 2. The summed E-state index contributed by atoms with van der Waals surface area (Å²) in [5.41, 5.74) is 0.799. The summed E-state index contributed by atoms with van der Waals surface area (Å²) in [6, 6.07) is 14.1. The second-order valence-electron chi connectivity index (χ2n) is 5.65. The van der Waals surface area contributed by atoms with Crippen LogP contribution in [0, 0.1) is 11.3 Å². The molecule has 0 fully saturated rings. The van der Waals surface area contributed by atoms with Crippen molar-refractivity contribution in [3.8, 4) is 6.07 Å². The van der Waals surface area contributed by atoms with Crippen LogP contribution in [0.1, 0.15) is 22.8 Å². The molecule has 2 N–H and O–H groups in total. The van der Waals surface area contributed by atoms with Gasteiger partial charge in [-0.1, -0.05) is 18.2 Å². The van der Waals surface area contributed by atoms with Gasteiger partial charge >= 0.3 is 5.97 Å². The third-order valence-electron chi connectivity index (χ3n) is 3.35. The number of esters is 1. The van der Waals surface area contributed by atoms with Crippen LogP contribution in [0.3, 0.4) is 0 Å². The Morgan fingerprint density at radius 1 is 1.15 bits per heavy atom. The summed E-state index contributed by atoms with van der Waals surface area (Å²) in [6.07, 6.45) is -0.185. The first-order valence-corrected chi connectivity index (χ1v) is 9.67. The number of benzene rings is 2. The smallest absolute Gasteiger partial charge is 0.341 e. The molecule has 0 aromatic heterocycles. The SMILES string of the molecule is CC(OC(=O)c1ccccc1NS(C)(=O)=O)C(=O)Nc1cccc(C#N)c1. The van der Waals surface area contributed by atoms with Gasteiger partial charge in [0.15, 0.2) is 6.10 Å². The molecule has 8 nitrogen and oxygen atoms in total. The van der Waals surface area contributed by atoms with E-state index in [9.17, 15) is 18.0 Å². The first-order chi connectivity index (χ1) is 12.7. The maximum absolute atomic E-state index is 12.3. The van der Waals surface area contributed by atoms with Crippen molar-refractivity contribution >= 4 is 33.3 Å². The van der Waals surface area contributed by atoms with E-state index in [0.717, 1.165) is 6.26 Å². The molecule has 9 heteroatoms. The molecule has 0 saturated heterocycles. The fourth-order valence-corrected chi connectivity index (χ4v) is 2.72. The number of rotatable bonds is 6. The second-order valence-corrected chi connectivity index (χ2v) is 7.40. The molecule has 0 aliphatic rings. The van der Waals surface area contributed by atoms with Gasteiger partial charge in [0.25, 0.3) is 5.91 Å². The third-order valence-corrected chi connectivity index (χ3v) is 3.95. The number of nitrogens with zero attached hydrogens (tertiary/aromatic N) is 1. The van der Waals surface area contributed by atoms with Gasteiger partial charge in [-0.2, -0.15) is 5.26 Å². The molecule has 1 unspecified atom stereocenters. The Kier molecular flexibility index (Phi) is 6.15. The lowest BCUT2D eigenvalue weighted by Gasteiger charge is -2.15. The van der Waals surface area contributed by atoms with Crippen LogP contribution in [-0.4, -0.2) is 32.7 Å². The largest absolute Gasteiger partial charge is 0.449 e. The maximum Gasteiger partial charge on any atom is 0.341 e. The molecule has 0 bridgehead atoms. The zero-order valence-corrected chi connectivity index (χ0v) is 15.4. The van der Waals surface area contributed by atoms with E-state index in [1.54, 1.807) is 30.3 Å². The van der Waals surface area contributed by atoms with Crippen molar-refractivity contribution in [2.24, 2.45) is 0 Å². The Hall–Kier alpha value is -3.38. The van der Waals surface area contributed by atoms with Gasteiger partial charge in [0.2, 0.25) is 10.0 Å². The van der Waals surface area contributed by atoms with Crippen LogP contribution in [0.25, 0.3) is 0 Å². The Bertz CT molecular complexity index is 1010. The molecule has 0 heterocycles. The van der Waals surface area contributed by atoms with E-state index in [1.807, 2.05) is 6.07 Å². The predicted octanol–water partition coefficient (Wildman–Crippen LogP) is 2.11. The summed E-state index contributed by atoms with van der Waals surface area (Å²) in [5.74, 6) is -1.44. The molecule has 2 aromatic rings. The highest BCUT2D eigenvalue weighted by molar-refractivity contribution is 7.92. The second kappa shape index (κ2) is 8.33. The minimum absolute atomic E-state index is 0.0194. The minimum Gasteiger partial charge on any atom is -0.449 e. The Labute approximate surface area is 156 Å². The Morgan fingerprint density at radius 3 is 2.52 bits per heavy atom. The molecular formula is C18H17N3O5S. The van der Waals surface area contributed by atoms with Crippen molar-refractivity contribution in [1.82, 2.24) is 0 Å². The van der Waals surface area contributed by atoms with E-state index in [-0.39, 0.29) is 11.3 Å². The molecule has 0 spiro atoms. The van der Waals surface area contributed by atoms with Gasteiger partial charge in [0.05, 0.1) is 29.1 Å². The Balaban J connectivity index is 2.09. The van der Waals surface area contributed by atoms with Crippen LogP contribution in [0.4, 0.5) is 11.4 Å². The topological polar surface area (TPSA) is 125 Å². The summed E-state index contributed by atoms with van der Waals surface area (Å²) >= 11 is 0. The monoisotopic (exact) mass is 387 g/mol. The number of amides is 1. The minimum atomic E-state index is -3.59. The molecule has 2 aromatic carbocycles. The molecule has 0 aliphatic heterocycles. The van der Waals surface area contributed by atoms with Crippen LogP contribution in [0.15, 0.2) is 48.5 Å². The van der Waals surface area contributed by atoms with Gasteiger partial charge in [-0.3, -0.25) is 9.52 Å². The number of carbonyl (C=O) groups excluding carboxylic acids is 2. The highest BCUT2D eigenvalue weighted by Crippen LogP contribution is 2.18. The van der Waals surface area contributed by atoms with E-state index in [2.05, 4.69) is 10.0 Å². The average molecular weight is 387 g/mol. The van der Waals surface area contributed by atoms with Gasteiger partial charge in [0, 0.05) is 5.69 Å². The van der Waals surface area contributed by atoms with Crippen molar-refractivity contribution in [1.29, 1.82) is 5.26 Å². The fourth-order valence-electron chi connectivity index (χ4n) is 2.14. The average Bonchev–Trinajstić information content (AvgIpc) is 2.60. The zero-order chi connectivity index (χ0) is 20.0. The fraction of sp³-hybridized carbons (Fsp3) is 0.167. The van der Waals surface area contributed by atoms with Crippen molar-refractivity contribution in [3.05, 3.63) is 59.7 Å². The number of hydrogen-bond acceptors (Lipinski definition) is 6. The number of ether oxygens (including phenoxy) is 1. The number of nitrogens with one attached hydrogen (secondary N) is 2. The van der Waals surface area contributed by atoms with E-state index in [0.29, 0.717) is 11.3 Å². The van der Waals surface area contributed by atoms with Crippen molar-refractivity contribution in [2.45, 2.75) is 13.0 Å². The molecule has 1 atom stereocenters. The van der Waals surface area contributed by atoms with Crippen LogP contribution in [-0.2, 0) is 19.6 Å². The standard InChI is InChI=1S/C18H17N3O5S/c1-12(17(22)20-14-7-5-6-13(10-14)11-19)26-18(23)15-8-3-4-9-16(15)21-27(2,24)25/h3-10,12,21H,1-2H3,(H,20,22). The summed E-state index contributed by atoms with van der Waals surface area (Å²) in [7, 11) is -3.59. The molecule has 0 radical (unpaired) electrons. The van der Waals surface area contributed by atoms with Crippen molar-refractivity contribution in [3.63, 3.8) is 0 Å². The lowest BCUT2D eigenvalue weighted by atomic mass is 10.2. The van der Waals surface area contributed by atoms with Gasteiger partial charge in [0.1, 0.15) is 0 Å². The van der Waals surface area contributed by atoms with Gasteiger partial charge in [-0.15, -0.1) is 0 Å². The lowest BCUT2D eigenvalue weighted by Crippen LogP contribution is -2.30. The van der Waals surface area contributed by atoms with Crippen LogP contribution < -0.4 is 10.0 Å². The van der Waals surface area contributed by atoms with E-state index in [1.165, 1.54) is 25.1 Å². The summed E-state index contributed by atoms with van der Waals surface area (Å²) in [5, 5.41) is 11.4. The first kappa shape index (κ1) is 19.9. The molecule has 2 rings (SSSR count). The Morgan fingerprint density at radius 2 is 1.85 bits per heavy atom.